The van der Waals surface area contributed by atoms with Gasteiger partial charge in [-0.25, -0.2) is 4.79 Å². The topological polar surface area (TPSA) is 80.4 Å². The van der Waals surface area contributed by atoms with Gasteiger partial charge in [-0.3, -0.25) is 4.79 Å². The van der Waals surface area contributed by atoms with Crippen LogP contribution in [0.4, 0.5) is 0 Å². The maximum absolute atomic E-state index is 12.2. The van der Waals surface area contributed by atoms with Crippen molar-refractivity contribution in [3.8, 4) is 5.75 Å². The van der Waals surface area contributed by atoms with Gasteiger partial charge in [-0.2, -0.15) is 0 Å². The summed E-state index contributed by atoms with van der Waals surface area (Å²) in [5, 5.41) is 3.57. The molecular weight excluding hydrogens is 332 g/mol. The molecule has 1 unspecified atom stereocenters. The van der Waals surface area contributed by atoms with Crippen molar-refractivity contribution in [2.45, 2.75) is 13.0 Å². The van der Waals surface area contributed by atoms with Crippen LogP contribution in [-0.4, -0.2) is 30.6 Å². The van der Waals surface area contributed by atoms with Gasteiger partial charge in [0, 0.05) is 22.7 Å². The van der Waals surface area contributed by atoms with Crippen LogP contribution in [0.25, 0.3) is 10.9 Å². The Morgan fingerprint density at radius 2 is 1.85 bits per heavy atom. The van der Waals surface area contributed by atoms with Gasteiger partial charge in [0.2, 0.25) is 0 Å². The fourth-order valence-electron chi connectivity index (χ4n) is 2.83. The van der Waals surface area contributed by atoms with E-state index in [0.717, 1.165) is 16.5 Å². The number of para-hydroxylation sites is 2. The number of aromatic nitrogens is 1. The fraction of sp³-hybridized carbons (Fsp3) is 0.200. The van der Waals surface area contributed by atoms with E-state index >= 15 is 0 Å². The molecule has 1 aromatic heterocycles. The zero-order valence-electron chi connectivity index (χ0n) is 14.6. The highest BCUT2D eigenvalue weighted by Gasteiger charge is 2.17. The lowest BCUT2D eigenvalue weighted by Gasteiger charge is -2.17. The zero-order valence-corrected chi connectivity index (χ0v) is 14.6. The van der Waals surface area contributed by atoms with Crippen LogP contribution in [0.1, 0.15) is 28.9 Å². The molecule has 0 fully saturated rings. The number of esters is 1. The minimum atomic E-state index is -0.539. The minimum Gasteiger partial charge on any atom is -0.496 e. The molecule has 2 N–H and O–H groups in total. The number of aromatic amines is 1. The summed E-state index contributed by atoms with van der Waals surface area (Å²) in [5.41, 5.74) is 2.10. The second-order valence-electron chi connectivity index (χ2n) is 5.86. The molecule has 2 aromatic carbocycles. The molecule has 134 valence electrons. The Morgan fingerprint density at radius 3 is 2.65 bits per heavy atom. The van der Waals surface area contributed by atoms with Gasteiger partial charge in [-0.15, -0.1) is 0 Å². The maximum Gasteiger partial charge on any atom is 0.340 e. The van der Waals surface area contributed by atoms with E-state index in [2.05, 4.69) is 10.3 Å². The second-order valence-corrected chi connectivity index (χ2v) is 5.86. The van der Waals surface area contributed by atoms with E-state index in [-0.39, 0.29) is 18.6 Å². The summed E-state index contributed by atoms with van der Waals surface area (Å²) in [7, 11) is 1.58. The van der Waals surface area contributed by atoms with Crippen LogP contribution in [0.15, 0.2) is 54.7 Å². The predicted molar refractivity (Wildman–Crippen MR) is 98.1 cm³/mol. The van der Waals surface area contributed by atoms with Crippen molar-refractivity contribution in [1.82, 2.24) is 10.3 Å². The SMILES string of the molecule is COc1ccccc1C(C)NC(=O)COC(=O)c1c[nH]c2ccccc12. The first kappa shape index (κ1) is 17.5. The number of rotatable bonds is 6. The van der Waals surface area contributed by atoms with Crippen LogP contribution in [-0.2, 0) is 9.53 Å². The molecule has 3 aromatic rings. The summed E-state index contributed by atoms with van der Waals surface area (Å²) >= 11 is 0. The maximum atomic E-state index is 12.2. The Hall–Kier alpha value is -3.28. The number of benzene rings is 2. The van der Waals surface area contributed by atoms with E-state index in [9.17, 15) is 9.59 Å². The summed E-state index contributed by atoms with van der Waals surface area (Å²) in [5.74, 6) is -0.227. The molecule has 26 heavy (non-hydrogen) atoms. The van der Waals surface area contributed by atoms with Crippen LogP contribution in [0, 0.1) is 0 Å². The molecule has 0 radical (unpaired) electrons. The van der Waals surface area contributed by atoms with Crippen molar-refractivity contribution in [2.75, 3.05) is 13.7 Å². The van der Waals surface area contributed by atoms with Crippen LogP contribution in [0.3, 0.4) is 0 Å². The van der Waals surface area contributed by atoms with Crippen LogP contribution < -0.4 is 10.1 Å². The molecule has 0 aliphatic rings. The molecule has 0 aliphatic carbocycles. The van der Waals surface area contributed by atoms with E-state index in [1.165, 1.54) is 0 Å². The number of amides is 1. The summed E-state index contributed by atoms with van der Waals surface area (Å²) in [6, 6.07) is 14.6. The average molecular weight is 352 g/mol. The van der Waals surface area contributed by atoms with E-state index in [4.69, 9.17) is 9.47 Å². The Bertz CT molecular complexity index is 932. The molecule has 0 saturated carbocycles. The second kappa shape index (κ2) is 7.74. The van der Waals surface area contributed by atoms with Gasteiger partial charge in [-0.05, 0) is 19.1 Å². The number of nitrogens with one attached hydrogen (secondary N) is 2. The number of methoxy groups -OCH3 is 1. The van der Waals surface area contributed by atoms with Crippen molar-refractivity contribution >= 4 is 22.8 Å². The van der Waals surface area contributed by atoms with Crippen molar-refractivity contribution in [3.63, 3.8) is 0 Å². The standard InChI is InChI=1S/C20H20N2O4/c1-13(14-7-4-6-10-18(14)25-2)22-19(23)12-26-20(24)16-11-21-17-9-5-3-8-15(16)17/h3-11,13,21H,12H2,1-2H3,(H,22,23). The van der Waals surface area contributed by atoms with Crippen LogP contribution in [0.5, 0.6) is 5.75 Å². The van der Waals surface area contributed by atoms with Gasteiger partial charge in [0.15, 0.2) is 6.61 Å². The van der Waals surface area contributed by atoms with E-state index < -0.39 is 5.97 Å². The van der Waals surface area contributed by atoms with Gasteiger partial charge in [0.05, 0.1) is 18.7 Å². The highest BCUT2D eigenvalue weighted by Crippen LogP contribution is 2.24. The molecule has 6 heteroatoms. The Morgan fingerprint density at radius 1 is 1.12 bits per heavy atom. The lowest BCUT2D eigenvalue weighted by molar-refractivity contribution is -0.124. The lowest BCUT2D eigenvalue weighted by atomic mass is 10.1. The largest absolute Gasteiger partial charge is 0.496 e. The molecule has 0 spiro atoms. The molecule has 3 rings (SSSR count). The quantitative estimate of drug-likeness (QED) is 0.668. The normalized spacial score (nSPS) is 11.8. The zero-order chi connectivity index (χ0) is 18.5. The smallest absolute Gasteiger partial charge is 0.340 e. The highest BCUT2D eigenvalue weighted by atomic mass is 16.5. The van der Waals surface area contributed by atoms with Crippen molar-refractivity contribution in [2.24, 2.45) is 0 Å². The van der Waals surface area contributed by atoms with Gasteiger partial charge in [0.25, 0.3) is 5.91 Å². The van der Waals surface area contributed by atoms with Crippen molar-refractivity contribution < 1.29 is 19.1 Å². The van der Waals surface area contributed by atoms with Crippen molar-refractivity contribution in [3.05, 3.63) is 65.9 Å². The van der Waals surface area contributed by atoms with Crippen LogP contribution in [0.2, 0.25) is 0 Å². The van der Waals surface area contributed by atoms with Crippen molar-refractivity contribution in [1.29, 1.82) is 0 Å². The van der Waals surface area contributed by atoms with Gasteiger partial charge in [0.1, 0.15) is 5.75 Å². The number of fused-ring (bicyclic) bond motifs is 1. The molecule has 1 amide bonds. The first-order valence-electron chi connectivity index (χ1n) is 8.25. The first-order valence-corrected chi connectivity index (χ1v) is 8.25. The number of hydrogen-bond donors (Lipinski definition) is 2. The number of H-pyrrole nitrogens is 1. The monoisotopic (exact) mass is 352 g/mol. The molecule has 1 atom stereocenters. The summed E-state index contributed by atoms with van der Waals surface area (Å²) in [6.07, 6.45) is 1.59. The molecule has 0 bridgehead atoms. The lowest BCUT2D eigenvalue weighted by Crippen LogP contribution is -2.31. The molecular formula is C20H20N2O4. The molecule has 0 aliphatic heterocycles. The molecule has 1 heterocycles. The number of carbonyl (C=O) groups excluding carboxylic acids is 2. The van der Waals surface area contributed by atoms with Gasteiger partial charge in [-0.1, -0.05) is 36.4 Å². The van der Waals surface area contributed by atoms with E-state index in [0.29, 0.717) is 11.3 Å². The molecule has 6 nitrogen and oxygen atoms in total. The third-order valence-electron chi connectivity index (χ3n) is 4.13. The third kappa shape index (κ3) is 3.69. The first-order chi connectivity index (χ1) is 12.6. The highest BCUT2D eigenvalue weighted by molar-refractivity contribution is 6.04. The van der Waals surface area contributed by atoms with Crippen LogP contribution >= 0.6 is 0 Å². The van der Waals surface area contributed by atoms with E-state index in [1.54, 1.807) is 13.3 Å². The minimum absolute atomic E-state index is 0.273. The molecule has 0 saturated heterocycles. The summed E-state index contributed by atoms with van der Waals surface area (Å²) in [6.45, 7) is 1.50. The average Bonchev–Trinajstić information content (AvgIpc) is 3.10. The Balaban J connectivity index is 1.59. The van der Waals surface area contributed by atoms with Gasteiger partial charge >= 0.3 is 5.97 Å². The summed E-state index contributed by atoms with van der Waals surface area (Å²) < 4.78 is 10.4. The van der Waals surface area contributed by atoms with E-state index in [1.807, 2.05) is 55.5 Å². The number of carbonyl (C=O) groups is 2. The number of hydrogen-bond acceptors (Lipinski definition) is 4. The van der Waals surface area contributed by atoms with Gasteiger partial charge < -0.3 is 19.8 Å². The Labute approximate surface area is 151 Å². The summed E-state index contributed by atoms with van der Waals surface area (Å²) in [4.78, 5) is 27.4. The predicted octanol–water partition coefficient (Wildman–Crippen LogP) is 3.21. The fourth-order valence-corrected chi connectivity index (χ4v) is 2.83. The Kier molecular flexibility index (Phi) is 5.22. The number of ether oxygens (including phenoxy) is 2. The third-order valence-corrected chi connectivity index (χ3v) is 4.13.